The molecule has 2 heterocycles. The van der Waals surface area contributed by atoms with Crippen LogP contribution in [-0.4, -0.2) is 55.1 Å². The van der Waals surface area contributed by atoms with E-state index in [0.717, 1.165) is 41.4 Å². The second kappa shape index (κ2) is 10.5. The summed E-state index contributed by atoms with van der Waals surface area (Å²) in [5.74, 6) is -0.485. The molecule has 180 valence electrons. The number of aliphatic carboxylic acids is 1. The molecule has 3 aromatic rings. The third-order valence-electron chi connectivity index (χ3n) is 6.04. The second-order valence-corrected chi connectivity index (χ2v) is 10.3. The zero-order valence-electron chi connectivity index (χ0n) is 19.1. The number of nitrogens with one attached hydrogen (secondary N) is 1. The molecule has 1 saturated heterocycles. The summed E-state index contributed by atoms with van der Waals surface area (Å²) >= 11 is 0. The third kappa shape index (κ3) is 5.72. The standard InChI is InChI=1S/C25H29N3O5S/c1-18-15-19(22-7-3-4-8-23(22)27-18)17-33-20-9-11-21(12-10-20)34(31,32)26-16-24(25(29)30)28-13-5-2-6-14-28/h3-4,7-12,15,24,26H,2,5-6,13-14,16-17H2,1H3,(H,29,30). The van der Waals surface area contributed by atoms with E-state index in [-0.39, 0.29) is 11.4 Å². The highest BCUT2D eigenvalue weighted by Crippen LogP contribution is 2.22. The fraction of sp³-hybridized carbons (Fsp3) is 0.360. The number of rotatable bonds is 9. The number of likely N-dealkylation sites (tertiary alicyclic amines) is 1. The van der Waals surface area contributed by atoms with E-state index in [1.54, 1.807) is 12.1 Å². The van der Waals surface area contributed by atoms with Crippen molar-refractivity contribution in [2.75, 3.05) is 19.6 Å². The van der Waals surface area contributed by atoms with Crippen LogP contribution in [0.25, 0.3) is 10.9 Å². The lowest BCUT2D eigenvalue weighted by Gasteiger charge is -2.31. The Kier molecular flexibility index (Phi) is 7.45. The number of nitrogens with zero attached hydrogens (tertiary/aromatic N) is 2. The number of aromatic nitrogens is 1. The average Bonchev–Trinajstić information content (AvgIpc) is 2.83. The van der Waals surface area contributed by atoms with Crippen LogP contribution in [0.4, 0.5) is 0 Å². The van der Waals surface area contributed by atoms with Crippen molar-refractivity contribution in [1.29, 1.82) is 0 Å². The maximum absolute atomic E-state index is 12.7. The molecule has 1 aliphatic heterocycles. The fourth-order valence-corrected chi connectivity index (χ4v) is 5.30. The molecule has 1 unspecified atom stereocenters. The van der Waals surface area contributed by atoms with Gasteiger partial charge in [-0.15, -0.1) is 0 Å². The van der Waals surface area contributed by atoms with Crippen LogP contribution < -0.4 is 9.46 Å². The maximum Gasteiger partial charge on any atom is 0.322 e. The van der Waals surface area contributed by atoms with Gasteiger partial charge in [0, 0.05) is 23.2 Å². The summed E-state index contributed by atoms with van der Waals surface area (Å²) in [6.07, 6.45) is 2.92. The SMILES string of the molecule is Cc1cc(COc2ccc(S(=O)(=O)NCC(C(=O)O)N3CCCCC3)cc2)c2ccccc2n1. The number of para-hydroxylation sites is 1. The smallest absolute Gasteiger partial charge is 0.322 e. The molecule has 0 aliphatic carbocycles. The van der Waals surface area contributed by atoms with E-state index in [4.69, 9.17) is 4.74 Å². The van der Waals surface area contributed by atoms with Gasteiger partial charge in [-0.25, -0.2) is 13.1 Å². The number of pyridine rings is 1. The van der Waals surface area contributed by atoms with E-state index < -0.39 is 22.0 Å². The van der Waals surface area contributed by atoms with Gasteiger partial charge in [0.2, 0.25) is 10.0 Å². The Hall–Kier alpha value is -3.01. The molecule has 8 nitrogen and oxygen atoms in total. The molecule has 0 radical (unpaired) electrons. The number of piperidine rings is 1. The predicted octanol–water partition coefficient (Wildman–Crippen LogP) is 3.34. The van der Waals surface area contributed by atoms with Gasteiger partial charge in [0.1, 0.15) is 18.4 Å². The van der Waals surface area contributed by atoms with Crippen LogP contribution in [0.2, 0.25) is 0 Å². The van der Waals surface area contributed by atoms with Crippen LogP contribution >= 0.6 is 0 Å². The van der Waals surface area contributed by atoms with Crippen LogP contribution in [0.5, 0.6) is 5.75 Å². The summed E-state index contributed by atoms with van der Waals surface area (Å²) in [6.45, 7) is 3.41. The molecule has 34 heavy (non-hydrogen) atoms. The van der Waals surface area contributed by atoms with E-state index >= 15 is 0 Å². The number of carboxylic acids is 1. The summed E-state index contributed by atoms with van der Waals surface area (Å²) in [6, 6.07) is 15.1. The summed E-state index contributed by atoms with van der Waals surface area (Å²) in [4.78, 5) is 18.1. The molecule has 0 bridgehead atoms. The number of benzene rings is 2. The molecule has 4 rings (SSSR count). The molecule has 1 aliphatic rings. The Labute approximate surface area is 199 Å². The van der Waals surface area contributed by atoms with Crippen molar-refractivity contribution in [2.24, 2.45) is 0 Å². The zero-order chi connectivity index (χ0) is 24.1. The Morgan fingerprint density at radius 1 is 1.12 bits per heavy atom. The second-order valence-electron chi connectivity index (χ2n) is 8.50. The number of ether oxygens (including phenoxy) is 1. The quantitative estimate of drug-likeness (QED) is 0.480. The van der Waals surface area contributed by atoms with Gasteiger partial charge >= 0.3 is 5.97 Å². The molecule has 2 aromatic carbocycles. The van der Waals surface area contributed by atoms with Crippen LogP contribution in [-0.2, 0) is 21.4 Å². The number of carboxylic acid groups (broad SMARTS) is 1. The van der Waals surface area contributed by atoms with E-state index in [9.17, 15) is 18.3 Å². The lowest BCUT2D eigenvalue weighted by Crippen LogP contribution is -2.50. The maximum atomic E-state index is 12.7. The molecule has 1 atom stereocenters. The largest absolute Gasteiger partial charge is 0.489 e. The van der Waals surface area contributed by atoms with Gasteiger partial charge in [-0.1, -0.05) is 24.6 Å². The lowest BCUT2D eigenvalue weighted by molar-refractivity contribution is -0.143. The Balaban J connectivity index is 1.40. The van der Waals surface area contributed by atoms with Crippen molar-refractivity contribution in [1.82, 2.24) is 14.6 Å². The van der Waals surface area contributed by atoms with Crippen molar-refractivity contribution >= 4 is 26.9 Å². The van der Waals surface area contributed by atoms with Gasteiger partial charge in [0.15, 0.2) is 0 Å². The van der Waals surface area contributed by atoms with E-state index in [1.807, 2.05) is 42.2 Å². The van der Waals surface area contributed by atoms with E-state index in [1.165, 1.54) is 12.1 Å². The molecule has 1 aromatic heterocycles. The lowest BCUT2D eigenvalue weighted by atomic mass is 10.1. The topological polar surface area (TPSA) is 109 Å². The Bertz CT molecular complexity index is 1260. The number of carbonyl (C=O) groups is 1. The fourth-order valence-electron chi connectivity index (χ4n) is 4.26. The van der Waals surface area contributed by atoms with Crippen molar-refractivity contribution < 1.29 is 23.1 Å². The molecular formula is C25H29N3O5S. The van der Waals surface area contributed by atoms with Crippen molar-refractivity contribution in [3.8, 4) is 5.75 Å². The molecular weight excluding hydrogens is 454 g/mol. The minimum atomic E-state index is -3.85. The molecule has 0 spiro atoms. The predicted molar refractivity (Wildman–Crippen MR) is 129 cm³/mol. The van der Waals surface area contributed by atoms with Crippen LogP contribution in [0.1, 0.15) is 30.5 Å². The number of fused-ring (bicyclic) bond motifs is 1. The molecule has 0 saturated carbocycles. The number of hydrogen-bond donors (Lipinski definition) is 2. The first-order valence-corrected chi connectivity index (χ1v) is 12.9. The summed E-state index contributed by atoms with van der Waals surface area (Å²) < 4.78 is 33.9. The van der Waals surface area contributed by atoms with Crippen molar-refractivity contribution in [3.05, 3.63) is 65.9 Å². The monoisotopic (exact) mass is 483 g/mol. The number of hydrogen-bond acceptors (Lipinski definition) is 6. The Morgan fingerprint density at radius 3 is 2.53 bits per heavy atom. The first-order chi connectivity index (χ1) is 16.3. The molecule has 9 heteroatoms. The molecule has 1 fully saturated rings. The number of sulfonamides is 1. The van der Waals surface area contributed by atoms with Gasteiger partial charge in [-0.05, 0) is 69.3 Å². The highest BCUT2D eigenvalue weighted by molar-refractivity contribution is 7.89. The molecule has 2 N–H and O–H groups in total. The van der Waals surface area contributed by atoms with Gasteiger partial charge in [-0.2, -0.15) is 0 Å². The minimum absolute atomic E-state index is 0.0628. The van der Waals surface area contributed by atoms with Gasteiger partial charge in [0.05, 0.1) is 10.4 Å². The van der Waals surface area contributed by atoms with Crippen LogP contribution in [0, 0.1) is 6.92 Å². The highest BCUT2D eigenvalue weighted by Gasteiger charge is 2.28. The summed E-state index contributed by atoms with van der Waals surface area (Å²) in [5.41, 5.74) is 2.80. The Morgan fingerprint density at radius 2 is 1.82 bits per heavy atom. The van der Waals surface area contributed by atoms with Crippen LogP contribution in [0.15, 0.2) is 59.5 Å². The first kappa shape index (κ1) is 24.1. The van der Waals surface area contributed by atoms with E-state index in [2.05, 4.69) is 9.71 Å². The summed E-state index contributed by atoms with van der Waals surface area (Å²) in [5, 5.41) is 10.6. The van der Waals surface area contributed by atoms with E-state index in [0.29, 0.717) is 25.4 Å². The van der Waals surface area contributed by atoms with Crippen molar-refractivity contribution in [3.63, 3.8) is 0 Å². The number of aryl methyl sites for hydroxylation is 1. The van der Waals surface area contributed by atoms with Gasteiger partial charge < -0.3 is 9.84 Å². The van der Waals surface area contributed by atoms with Crippen LogP contribution in [0.3, 0.4) is 0 Å². The molecule has 0 amide bonds. The van der Waals surface area contributed by atoms with Gasteiger partial charge in [-0.3, -0.25) is 14.7 Å². The summed E-state index contributed by atoms with van der Waals surface area (Å²) in [7, 11) is -3.85. The zero-order valence-corrected chi connectivity index (χ0v) is 19.9. The highest BCUT2D eigenvalue weighted by atomic mass is 32.2. The third-order valence-corrected chi connectivity index (χ3v) is 7.48. The minimum Gasteiger partial charge on any atom is -0.489 e. The normalized spacial score (nSPS) is 15.8. The first-order valence-electron chi connectivity index (χ1n) is 11.4. The van der Waals surface area contributed by atoms with Gasteiger partial charge in [0.25, 0.3) is 0 Å². The van der Waals surface area contributed by atoms with Crippen molar-refractivity contribution in [2.45, 2.75) is 43.7 Å². The average molecular weight is 484 g/mol.